The Morgan fingerprint density at radius 3 is 2.80 bits per heavy atom. The number of carbonyl (C=O) groups is 1. The van der Waals surface area contributed by atoms with Crippen LogP contribution in [0.1, 0.15) is 12.8 Å². The molecule has 0 atom stereocenters. The molecule has 1 aliphatic carbocycles. The van der Waals surface area contributed by atoms with Crippen molar-refractivity contribution < 1.29 is 9.18 Å². The zero-order valence-corrected chi connectivity index (χ0v) is 8.09. The Morgan fingerprint density at radius 2 is 2.20 bits per heavy atom. The molecular formula is C10H12FN3O. The van der Waals surface area contributed by atoms with Crippen LogP contribution in [-0.2, 0) is 0 Å². The number of hydrogen-bond donors (Lipinski definition) is 3. The van der Waals surface area contributed by atoms with Crippen LogP contribution in [0.3, 0.4) is 0 Å². The van der Waals surface area contributed by atoms with Crippen molar-refractivity contribution in [2.45, 2.75) is 18.9 Å². The Labute approximate surface area is 86.7 Å². The second-order valence-corrected chi connectivity index (χ2v) is 3.61. The SMILES string of the molecule is Nc1ccc(NC(=O)NC2CC2)cc1F. The van der Waals surface area contributed by atoms with Crippen molar-refractivity contribution in [1.82, 2.24) is 5.32 Å². The summed E-state index contributed by atoms with van der Waals surface area (Å²) in [6.07, 6.45) is 2.03. The number of anilines is 2. The van der Waals surface area contributed by atoms with Crippen LogP contribution in [0.4, 0.5) is 20.6 Å². The van der Waals surface area contributed by atoms with Gasteiger partial charge in [-0.1, -0.05) is 0 Å². The lowest BCUT2D eigenvalue weighted by Gasteiger charge is -2.06. The molecule has 1 aliphatic rings. The normalized spacial score (nSPS) is 14.7. The summed E-state index contributed by atoms with van der Waals surface area (Å²) in [6.45, 7) is 0. The van der Waals surface area contributed by atoms with Gasteiger partial charge in [0.15, 0.2) is 0 Å². The van der Waals surface area contributed by atoms with Crippen molar-refractivity contribution >= 4 is 17.4 Å². The van der Waals surface area contributed by atoms with Gasteiger partial charge in [-0.3, -0.25) is 0 Å². The highest BCUT2D eigenvalue weighted by molar-refractivity contribution is 5.89. The highest BCUT2D eigenvalue weighted by Gasteiger charge is 2.23. The summed E-state index contributed by atoms with van der Waals surface area (Å²) in [7, 11) is 0. The molecule has 1 saturated carbocycles. The number of halogens is 1. The number of rotatable bonds is 2. The third-order valence-electron chi connectivity index (χ3n) is 2.17. The van der Waals surface area contributed by atoms with Crippen LogP contribution in [0, 0.1) is 5.82 Å². The largest absolute Gasteiger partial charge is 0.396 e. The molecule has 0 aromatic heterocycles. The lowest BCUT2D eigenvalue weighted by atomic mass is 10.3. The van der Waals surface area contributed by atoms with Crippen LogP contribution < -0.4 is 16.4 Å². The topological polar surface area (TPSA) is 67.1 Å². The van der Waals surface area contributed by atoms with Gasteiger partial charge in [-0.15, -0.1) is 0 Å². The molecule has 0 saturated heterocycles. The first-order valence-electron chi connectivity index (χ1n) is 4.77. The van der Waals surface area contributed by atoms with E-state index in [2.05, 4.69) is 10.6 Å². The van der Waals surface area contributed by atoms with Gasteiger partial charge in [0.25, 0.3) is 0 Å². The van der Waals surface area contributed by atoms with E-state index in [9.17, 15) is 9.18 Å². The molecule has 80 valence electrons. The highest BCUT2D eigenvalue weighted by atomic mass is 19.1. The van der Waals surface area contributed by atoms with Crippen LogP contribution >= 0.6 is 0 Å². The third-order valence-corrected chi connectivity index (χ3v) is 2.17. The van der Waals surface area contributed by atoms with Crippen LogP contribution in [0.2, 0.25) is 0 Å². The number of nitrogens with two attached hydrogens (primary N) is 1. The Balaban J connectivity index is 1.97. The molecule has 0 spiro atoms. The molecule has 2 rings (SSSR count). The van der Waals surface area contributed by atoms with E-state index in [1.807, 2.05) is 0 Å². The Bertz CT molecular complexity index is 390. The molecule has 15 heavy (non-hydrogen) atoms. The van der Waals surface area contributed by atoms with Crippen LogP contribution in [0.25, 0.3) is 0 Å². The quantitative estimate of drug-likeness (QED) is 0.649. The van der Waals surface area contributed by atoms with Crippen molar-refractivity contribution in [2.75, 3.05) is 11.1 Å². The molecule has 0 heterocycles. The van der Waals surface area contributed by atoms with Crippen molar-refractivity contribution in [3.05, 3.63) is 24.0 Å². The number of carbonyl (C=O) groups excluding carboxylic acids is 1. The number of hydrogen-bond acceptors (Lipinski definition) is 2. The van der Waals surface area contributed by atoms with Gasteiger partial charge < -0.3 is 16.4 Å². The zero-order chi connectivity index (χ0) is 10.8. The average Bonchev–Trinajstić information content (AvgIpc) is 2.95. The van der Waals surface area contributed by atoms with Crippen molar-refractivity contribution in [2.24, 2.45) is 0 Å². The third kappa shape index (κ3) is 2.59. The molecule has 1 aromatic carbocycles. The first-order chi connectivity index (χ1) is 7.15. The summed E-state index contributed by atoms with van der Waals surface area (Å²) in [6, 6.07) is 4.15. The predicted molar refractivity (Wildman–Crippen MR) is 56.0 cm³/mol. The molecule has 4 N–H and O–H groups in total. The second kappa shape index (κ2) is 3.76. The van der Waals surface area contributed by atoms with Gasteiger partial charge in [0, 0.05) is 11.7 Å². The maximum Gasteiger partial charge on any atom is 0.319 e. The smallest absolute Gasteiger partial charge is 0.319 e. The van der Waals surface area contributed by atoms with Gasteiger partial charge in [0.2, 0.25) is 0 Å². The molecule has 5 heteroatoms. The minimum Gasteiger partial charge on any atom is -0.396 e. The summed E-state index contributed by atoms with van der Waals surface area (Å²) in [5, 5.41) is 5.27. The Kier molecular flexibility index (Phi) is 2.45. The molecule has 1 fully saturated rings. The number of nitrogen functional groups attached to an aromatic ring is 1. The summed E-state index contributed by atoms with van der Waals surface area (Å²) < 4.78 is 13.0. The van der Waals surface area contributed by atoms with Crippen LogP contribution in [0.5, 0.6) is 0 Å². The highest BCUT2D eigenvalue weighted by Crippen LogP contribution is 2.19. The number of urea groups is 1. The van der Waals surface area contributed by atoms with E-state index in [1.165, 1.54) is 12.1 Å². The monoisotopic (exact) mass is 209 g/mol. The molecule has 0 aliphatic heterocycles. The maximum absolute atomic E-state index is 13.0. The fourth-order valence-electron chi connectivity index (χ4n) is 1.19. The average molecular weight is 209 g/mol. The molecule has 0 radical (unpaired) electrons. The van der Waals surface area contributed by atoms with E-state index < -0.39 is 5.82 Å². The first-order valence-corrected chi connectivity index (χ1v) is 4.77. The van der Waals surface area contributed by atoms with E-state index in [4.69, 9.17) is 5.73 Å². The lowest BCUT2D eigenvalue weighted by Crippen LogP contribution is -2.30. The number of amides is 2. The van der Waals surface area contributed by atoms with Crippen molar-refractivity contribution in [1.29, 1.82) is 0 Å². The minimum absolute atomic E-state index is 0.0724. The van der Waals surface area contributed by atoms with E-state index in [1.54, 1.807) is 6.07 Å². The van der Waals surface area contributed by atoms with E-state index >= 15 is 0 Å². The Hall–Kier alpha value is -1.78. The first kappa shape index (κ1) is 9.76. The summed E-state index contributed by atoms with van der Waals surface area (Å²) in [5.74, 6) is -0.528. The van der Waals surface area contributed by atoms with E-state index in [0.717, 1.165) is 12.8 Å². The standard InChI is InChI=1S/C10H12FN3O/c11-8-5-7(3-4-9(8)12)14-10(15)13-6-1-2-6/h3-6H,1-2,12H2,(H2,13,14,15). The van der Waals surface area contributed by atoms with Gasteiger partial charge in [0.1, 0.15) is 5.82 Å². The number of benzene rings is 1. The fourth-order valence-corrected chi connectivity index (χ4v) is 1.19. The lowest BCUT2D eigenvalue weighted by molar-refractivity contribution is 0.251. The molecule has 0 unspecified atom stereocenters. The zero-order valence-electron chi connectivity index (χ0n) is 8.09. The maximum atomic E-state index is 13.0. The summed E-state index contributed by atoms with van der Waals surface area (Å²) >= 11 is 0. The molecule has 0 bridgehead atoms. The summed E-state index contributed by atoms with van der Waals surface area (Å²) in [5.41, 5.74) is 5.78. The molecule has 1 aromatic rings. The van der Waals surface area contributed by atoms with Gasteiger partial charge in [0.05, 0.1) is 5.69 Å². The van der Waals surface area contributed by atoms with Gasteiger partial charge in [-0.25, -0.2) is 9.18 Å². The van der Waals surface area contributed by atoms with Crippen LogP contribution in [-0.4, -0.2) is 12.1 Å². The molecule has 2 amide bonds. The second-order valence-electron chi connectivity index (χ2n) is 3.61. The fraction of sp³-hybridized carbons (Fsp3) is 0.300. The summed E-state index contributed by atoms with van der Waals surface area (Å²) in [4.78, 5) is 11.3. The van der Waals surface area contributed by atoms with Gasteiger partial charge in [-0.05, 0) is 31.0 Å². The van der Waals surface area contributed by atoms with E-state index in [0.29, 0.717) is 5.69 Å². The van der Waals surface area contributed by atoms with Crippen molar-refractivity contribution in [3.8, 4) is 0 Å². The predicted octanol–water partition coefficient (Wildman–Crippen LogP) is 1.69. The Morgan fingerprint density at radius 1 is 1.47 bits per heavy atom. The van der Waals surface area contributed by atoms with Gasteiger partial charge in [-0.2, -0.15) is 0 Å². The van der Waals surface area contributed by atoms with E-state index in [-0.39, 0.29) is 17.8 Å². The molecular weight excluding hydrogens is 197 g/mol. The van der Waals surface area contributed by atoms with Crippen LogP contribution in [0.15, 0.2) is 18.2 Å². The minimum atomic E-state index is -0.528. The van der Waals surface area contributed by atoms with Crippen molar-refractivity contribution in [3.63, 3.8) is 0 Å². The number of nitrogens with one attached hydrogen (secondary N) is 2. The van der Waals surface area contributed by atoms with Gasteiger partial charge >= 0.3 is 6.03 Å². The molecule has 4 nitrogen and oxygen atoms in total.